The van der Waals surface area contributed by atoms with Crippen molar-refractivity contribution in [1.29, 1.82) is 0 Å². The Morgan fingerprint density at radius 2 is 1.33 bits per heavy atom. The van der Waals surface area contributed by atoms with Crippen LogP contribution >= 0.6 is 0 Å². The van der Waals surface area contributed by atoms with Crippen molar-refractivity contribution >= 4 is 0 Å². The zero-order valence-corrected chi connectivity index (χ0v) is 14.5. The van der Waals surface area contributed by atoms with Crippen LogP contribution in [0.25, 0.3) is 0 Å². The van der Waals surface area contributed by atoms with E-state index in [0.29, 0.717) is 0 Å². The molecule has 24 heavy (non-hydrogen) atoms. The molecule has 0 radical (unpaired) electrons. The quantitative estimate of drug-likeness (QED) is 0.496. The van der Waals surface area contributed by atoms with Crippen molar-refractivity contribution in [3.63, 3.8) is 0 Å². The SMILES string of the molecule is C#CCCCNCCCN(Cc1ccccc1)Cc1ccccc1. The standard InChI is InChI=1S/C22H28N2/c1-2-3-10-16-23-17-11-18-24(19-21-12-6-4-7-13-21)20-22-14-8-5-9-15-22/h1,4-9,12-15,23H,3,10-11,16-20H2. The molecule has 126 valence electrons. The Bertz CT molecular complexity index is 545. The summed E-state index contributed by atoms with van der Waals surface area (Å²) >= 11 is 0. The zero-order chi connectivity index (χ0) is 16.9. The monoisotopic (exact) mass is 320 g/mol. The van der Waals surface area contributed by atoms with Crippen molar-refractivity contribution in [3.8, 4) is 12.3 Å². The van der Waals surface area contributed by atoms with Crippen molar-refractivity contribution < 1.29 is 0 Å². The molecule has 0 saturated carbocycles. The lowest BCUT2D eigenvalue weighted by Crippen LogP contribution is -2.27. The van der Waals surface area contributed by atoms with Crippen LogP contribution in [-0.4, -0.2) is 24.5 Å². The Kier molecular flexibility index (Phi) is 8.72. The van der Waals surface area contributed by atoms with Crippen LogP contribution in [-0.2, 0) is 13.1 Å². The van der Waals surface area contributed by atoms with Crippen molar-refractivity contribution in [2.24, 2.45) is 0 Å². The third kappa shape index (κ3) is 7.46. The van der Waals surface area contributed by atoms with Crippen LogP contribution in [0.3, 0.4) is 0 Å². The second kappa shape index (κ2) is 11.5. The molecule has 0 aliphatic heterocycles. The number of unbranched alkanes of at least 4 members (excludes halogenated alkanes) is 1. The fraction of sp³-hybridized carbons (Fsp3) is 0.364. The summed E-state index contributed by atoms with van der Waals surface area (Å²) in [5.41, 5.74) is 2.74. The summed E-state index contributed by atoms with van der Waals surface area (Å²) in [6.07, 6.45) is 8.35. The Hall–Kier alpha value is -2.08. The minimum Gasteiger partial charge on any atom is -0.317 e. The Morgan fingerprint density at radius 1 is 0.792 bits per heavy atom. The van der Waals surface area contributed by atoms with E-state index in [9.17, 15) is 0 Å². The Balaban J connectivity index is 1.80. The third-order valence-electron chi connectivity index (χ3n) is 4.00. The predicted molar refractivity (Wildman–Crippen MR) is 103 cm³/mol. The second-order valence-electron chi connectivity index (χ2n) is 6.09. The van der Waals surface area contributed by atoms with E-state index in [0.717, 1.165) is 52.0 Å². The van der Waals surface area contributed by atoms with E-state index in [-0.39, 0.29) is 0 Å². The van der Waals surface area contributed by atoms with E-state index in [1.807, 2.05) is 0 Å². The van der Waals surface area contributed by atoms with Crippen LogP contribution < -0.4 is 5.32 Å². The summed E-state index contributed by atoms with van der Waals surface area (Å²) in [5.74, 6) is 2.68. The molecule has 0 atom stereocenters. The van der Waals surface area contributed by atoms with Crippen molar-refractivity contribution in [2.75, 3.05) is 19.6 Å². The third-order valence-corrected chi connectivity index (χ3v) is 4.00. The summed E-state index contributed by atoms with van der Waals surface area (Å²) in [5, 5.41) is 3.48. The van der Waals surface area contributed by atoms with Gasteiger partial charge >= 0.3 is 0 Å². The van der Waals surface area contributed by atoms with Gasteiger partial charge in [0.25, 0.3) is 0 Å². The summed E-state index contributed by atoms with van der Waals surface area (Å²) in [7, 11) is 0. The largest absolute Gasteiger partial charge is 0.317 e. The van der Waals surface area contributed by atoms with Crippen LogP contribution in [0.1, 0.15) is 30.4 Å². The highest BCUT2D eigenvalue weighted by Gasteiger charge is 2.07. The van der Waals surface area contributed by atoms with Gasteiger partial charge in [0.2, 0.25) is 0 Å². The van der Waals surface area contributed by atoms with Crippen molar-refractivity contribution in [1.82, 2.24) is 10.2 Å². The van der Waals surface area contributed by atoms with E-state index in [1.54, 1.807) is 0 Å². The van der Waals surface area contributed by atoms with Crippen molar-refractivity contribution in [3.05, 3.63) is 71.8 Å². The normalized spacial score (nSPS) is 10.7. The topological polar surface area (TPSA) is 15.3 Å². The van der Waals surface area contributed by atoms with Gasteiger partial charge in [-0.2, -0.15) is 0 Å². The highest BCUT2D eigenvalue weighted by atomic mass is 15.1. The molecule has 0 saturated heterocycles. The van der Waals surface area contributed by atoms with Gasteiger partial charge in [-0.05, 0) is 37.1 Å². The van der Waals surface area contributed by atoms with Crippen LogP contribution in [0.4, 0.5) is 0 Å². The van der Waals surface area contributed by atoms with E-state index in [2.05, 4.69) is 76.8 Å². The highest BCUT2D eigenvalue weighted by molar-refractivity contribution is 5.17. The van der Waals surface area contributed by atoms with E-state index < -0.39 is 0 Å². The maximum absolute atomic E-state index is 5.27. The summed E-state index contributed by atoms with van der Waals surface area (Å²) < 4.78 is 0. The molecule has 0 spiro atoms. The average molecular weight is 320 g/mol. The predicted octanol–water partition coefficient (Wildman–Crippen LogP) is 4.08. The number of nitrogens with one attached hydrogen (secondary N) is 1. The molecule has 0 unspecified atom stereocenters. The molecule has 2 rings (SSSR count). The maximum atomic E-state index is 5.27. The molecule has 2 aromatic rings. The number of rotatable bonds is 11. The minimum atomic E-state index is 0.862. The molecule has 0 amide bonds. The summed E-state index contributed by atoms with van der Waals surface area (Å²) in [4.78, 5) is 2.52. The van der Waals surface area contributed by atoms with Gasteiger partial charge in [0.15, 0.2) is 0 Å². The Morgan fingerprint density at radius 3 is 1.88 bits per heavy atom. The van der Waals surface area contributed by atoms with E-state index in [1.165, 1.54) is 11.1 Å². The molecule has 0 aliphatic carbocycles. The fourth-order valence-corrected chi connectivity index (χ4v) is 2.77. The molecule has 0 aromatic heterocycles. The van der Waals surface area contributed by atoms with Gasteiger partial charge in [-0.3, -0.25) is 4.90 Å². The average Bonchev–Trinajstić information content (AvgIpc) is 2.62. The number of hydrogen-bond donors (Lipinski definition) is 1. The van der Waals surface area contributed by atoms with Gasteiger partial charge in [-0.25, -0.2) is 0 Å². The zero-order valence-electron chi connectivity index (χ0n) is 14.5. The molecule has 2 heteroatoms. The molecule has 2 aromatic carbocycles. The number of terminal acetylenes is 1. The van der Waals surface area contributed by atoms with Gasteiger partial charge in [0, 0.05) is 26.1 Å². The smallest absolute Gasteiger partial charge is 0.0237 e. The Labute approximate surface area is 146 Å². The van der Waals surface area contributed by atoms with Crippen molar-refractivity contribution in [2.45, 2.75) is 32.4 Å². The highest BCUT2D eigenvalue weighted by Crippen LogP contribution is 2.10. The fourth-order valence-electron chi connectivity index (χ4n) is 2.77. The van der Waals surface area contributed by atoms with Crippen LogP contribution in [0.15, 0.2) is 60.7 Å². The van der Waals surface area contributed by atoms with E-state index >= 15 is 0 Å². The lowest BCUT2D eigenvalue weighted by atomic mass is 10.1. The molecular weight excluding hydrogens is 292 g/mol. The second-order valence-corrected chi connectivity index (χ2v) is 6.09. The van der Waals surface area contributed by atoms with E-state index in [4.69, 9.17) is 6.42 Å². The first-order valence-corrected chi connectivity index (χ1v) is 8.83. The van der Waals surface area contributed by atoms with Crippen LogP contribution in [0, 0.1) is 12.3 Å². The van der Waals surface area contributed by atoms with Gasteiger partial charge in [0.1, 0.15) is 0 Å². The van der Waals surface area contributed by atoms with Gasteiger partial charge in [0.05, 0.1) is 0 Å². The lowest BCUT2D eigenvalue weighted by molar-refractivity contribution is 0.252. The van der Waals surface area contributed by atoms with Gasteiger partial charge in [-0.15, -0.1) is 12.3 Å². The maximum Gasteiger partial charge on any atom is 0.0237 e. The summed E-state index contributed by atoms with van der Waals surface area (Å²) in [6, 6.07) is 21.4. The molecule has 0 fully saturated rings. The molecule has 0 heterocycles. The first kappa shape index (κ1) is 18.3. The van der Waals surface area contributed by atoms with Crippen LogP contribution in [0.2, 0.25) is 0 Å². The number of benzene rings is 2. The molecule has 1 N–H and O–H groups in total. The van der Waals surface area contributed by atoms with Crippen LogP contribution in [0.5, 0.6) is 0 Å². The first-order valence-electron chi connectivity index (χ1n) is 8.83. The molecule has 0 aliphatic rings. The minimum absolute atomic E-state index is 0.862. The molecule has 2 nitrogen and oxygen atoms in total. The molecule has 0 bridgehead atoms. The first-order chi connectivity index (χ1) is 11.9. The van der Waals surface area contributed by atoms with Gasteiger partial charge in [-0.1, -0.05) is 60.7 Å². The number of nitrogens with zero attached hydrogens (tertiary/aromatic N) is 1. The number of hydrogen-bond acceptors (Lipinski definition) is 2. The summed E-state index contributed by atoms with van der Waals surface area (Å²) in [6.45, 7) is 5.14. The molecular formula is C22H28N2. The van der Waals surface area contributed by atoms with Gasteiger partial charge < -0.3 is 5.32 Å². The lowest BCUT2D eigenvalue weighted by Gasteiger charge is -2.23.